The molecule has 1 rings (SSSR count). The Kier molecular flexibility index (Phi) is 2.88. The molecule has 1 aromatic rings. The summed E-state index contributed by atoms with van der Waals surface area (Å²) in [6, 6.07) is 0. The van der Waals surface area contributed by atoms with E-state index in [4.69, 9.17) is 5.73 Å². The minimum Gasteiger partial charge on any atom is -0.350 e. The van der Waals surface area contributed by atoms with Crippen molar-refractivity contribution < 1.29 is 0 Å². The van der Waals surface area contributed by atoms with Crippen molar-refractivity contribution in [2.24, 2.45) is 5.73 Å². The summed E-state index contributed by atoms with van der Waals surface area (Å²) in [5.74, 6) is 0. The van der Waals surface area contributed by atoms with Crippen molar-refractivity contribution in [2.45, 2.75) is 33.9 Å². The summed E-state index contributed by atoms with van der Waals surface area (Å²) in [4.78, 5) is 11.5. The highest BCUT2D eigenvalue weighted by atomic mass is 16.1. The minimum absolute atomic E-state index is 0.116. The maximum Gasteiger partial charge on any atom is 0.187 e. The Morgan fingerprint density at radius 2 is 2.08 bits per heavy atom. The number of nitrogens with two attached hydrogens (primary N) is 1. The Hall–Kier alpha value is -1.09. The summed E-state index contributed by atoms with van der Waals surface area (Å²) < 4.78 is 2.03. The van der Waals surface area contributed by atoms with Crippen LogP contribution in [-0.4, -0.2) is 4.57 Å². The van der Waals surface area contributed by atoms with Crippen molar-refractivity contribution in [1.29, 1.82) is 0 Å². The fraction of sp³-hybridized carbons (Fsp3) is 0.500. The molecule has 0 saturated carbocycles. The normalized spacial score (nSPS) is 10.5. The first-order valence-electron chi connectivity index (χ1n) is 4.51. The zero-order chi connectivity index (χ0) is 10.0. The molecule has 0 saturated heterocycles. The standard InChI is InChI=1S/C10H16N2O/c1-4-12-6-7(2)10(13)8(3)9(12)5-11/h6H,4-5,11H2,1-3H3. The Morgan fingerprint density at radius 3 is 2.54 bits per heavy atom. The van der Waals surface area contributed by atoms with Gasteiger partial charge in [0.15, 0.2) is 5.43 Å². The van der Waals surface area contributed by atoms with Crippen LogP contribution in [0.2, 0.25) is 0 Å². The first-order chi connectivity index (χ1) is 6.11. The van der Waals surface area contributed by atoms with E-state index in [-0.39, 0.29) is 5.43 Å². The molecule has 3 nitrogen and oxygen atoms in total. The van der Waals surface area contributed by atoms with Crippen molar-refractivity contribution in [2.75, 3.05) is 0 Å². The molecule has 0 aliphatic carbocycles. The van der Waals surface area contributed by atoms with Crippen LogP contribution in [0.1, 0.15) is 23.7 Å². The third-order valence-corrected chi connectivity index (χ3v) is 2.36. The van der Waals surface area contributed by atoms with Gasteiger partial charge in [-0.3, -0.25) is 4.79 Å². The Labute approximate surface area is 78.2 Å². The molecule has 72 valence electrons. The molecule has 1 aromatic heterocycles. The predicted molar refractivity (Wildman–Crippen MR) is 53.7 cm³/mol. The quantitative estimate of drug-likeness (QED) is 0.736. The van der Waals surface area contributed by atoms with E-state index in [0.717, 1.165) is 23.4 Å². The summed E-state index contributed by atoms with van der Waals surface area (Å²) >= 11 is 0. The van der Waals surface area contributed by atoms with Crippen molar-refractivity contribution >= 4 is 0 Å². The van der Waals surface area contributed by atoms with E-state index in [1.165, 1.54) is 0 Å². The number of aromatic nitrogens is 1. The molecule has 0 bridgehead atoms. The van der Waals surface area contributed by atoms with Crippen LogP contribution in [0.4, 0.5) is 0 Å². The molecule has 0 fully saturated rings. The second-order valence-electron chi connectivity index (χ2n) is 3.20. The smallest absolute Gasteiger partial charge is 0.187 e. The molecule has 0 unspecified atom stereocenters. The van der Waals surface area contributed by atoms with E-state index in [0.29, 0.717) is 6.54 Å². The van der Waals surface area contributed by atoms with Gasteiger partial charge in [-0.25, -0.2) is 0 Å². The van der Waals surface area contributed by atoms with E-state index in [1.54, 1.807) is 0 Å². The zero-order valence-corrected chi connectivity index (χ0v) is 8.42. The van der Waals surface area contributed by atoms with Crippen LogP contribution < -0.4 is 11.2 Å². The molecule has 2 N–H and O–H groups in total. The summed E-state index contributed by atoms with van der Waals surface area (Å²) in [5, 5.41) is 0. The number of pyridine rings is 1. The van der Waals surface area contributed by atoms with E-state index < -0.39 is 0 Å². The zero-order valence-electron chi connectivity index (χ0n) is 8.42. The monoisotopic (exact) mass is 180 g/mol. The SMILES string of the molecule is CCn1cc(C)c(=O)c(C)c1CN. The first-order valence-corrected chi connectivity index (χ1v) is 4.51. The van der Waals surface area contributed by atoms with E-state index in [1.807, 2.05) is 31.5 Å². The highest BCUT2D eigenvalue weighted by Gasteiger charge is 2.06. The maximum atomic E-state index is 11.5. The predicted octanol–water partition coefficient (Wildman–Crippen LogP) is 0.944. The Bertz CT molecular complexity index is 366. The summed E-state index contributed by atoms with van der Waals surface area (Å²) in [5.41, 5.74) is 8.22. The number of hydrogen-bond acceptors (Lipinski definition) is 2. The van der Waals surface area contributed by atoms with E-state index in [9.17, 15) is 4.79 Å². The molecule has 0 amide bonds. The first kappa shape index (κ1) is 9.99. The van der Waals surface area contributed by atoms with Gasteiger partial charge in [-0.05, 0) is 20.8 Å². The van der Waals surface area contributed by atoms with Crippen molar-refractivity contribution in [3.63, 3.8) is 0 Å². The summed E-state index contributed by atoms with van der Waals surface area (Å²) in [6.07, 6.45) is 1.87. The molecule has 0 aliphatic rings. The summed E-state index contributed by atoms with van der Waals surface area (Å²) in [7, 11) is 0. The average molecular weight is 180 g/mol. The number of nitrogens with zero attached hydrogens (tertiary/aromatic N) is 1. The highest BCUT2D eigenvalue weighted by molar-refractivity contribution is 5.24. The van der Waals surface area contributed by atoms with Gasteiger partial charge in [0, 0.05) is 36.1 Å². The third-order valence-electron chi connectivity index (χ3n) is 2.36. The Balaban J connectivity index is 3.48. The molecule has 0 aliphatic heterocycles. The number of aryl methyl sites for hydroxylation is 2. The molecule has 3 heteroatoms. The van der Waals surface area contributed by atoms with Crippen molar-refractivity contribution in [3.05, 3.63) is 33.2 Å². The van der Waals surface area contributed by atoms with Crippen LogP contribution in [0.25, 0.3) is 0 Å². The van der Waals surface area contributed by atoms with Gasteiger partial charge >= 0.3 is 0 Å². The topological polar surface area (TPSA) is 48.0 Å². The Morgan fingerprint density at radius 1 is 1.46 bits per heavy atom. The van der Waals surface area contributed by atoms with E-state index >= 15 is 0 Å². The lowest BCUT2D eigenvalue weighted by Gasteiger charge is -2.13. The minimum atomic E-state index is 0.116. The molecule has 0 aromatic carbocycles. The summed E-state index contributed by atoms with van der Waals surface area (Å²) in [6.45, 7) is 7.00. The van der Waals surface area contributed by atoms with Gasteiger partial charge in [0.05, 0.1) is 0 Å². The fourth-order valence-electron chi connectivity index (χ4n) is 1.57. The second kappa shape index (κ2) is 3.75. The fourth-order valence-corrected chi connectivity index (χ4v) is 1.57. The van der Waals surface area contributed by atoms with Crippen molar-refractivity contribution in [1.82, 2.24) is 4.57 Å². The maximum absolute atomic E-state index is 11.5. The highest BCUT2D eigenvalue weighted by Crippen LogP contribution is 2.04. The molecule has 0 atom stereocenters. The van der Waals surface area contributed by atoms with Gasteiger partial charge in [0.1, 0.15) is 0 Å². The van der Waals surface area contributed by atoms with E-state index in [2.05, 4.69) is 0 Å². The van der Waals surface area contributed by atoms with Crippen LogP contribution in [0, 0.1) is 13.8 Å². The molecular formula is C10H16N2O. The third kappa shape index (κ3) is 1.65. The number of rotatable bonds is 2. The van der Waals surface area contributed by atoms with Crippen molar-refractivity contribution in [3.8, 4) is 0 Å². The number of hydrogen-bond donors (Lipinski definition) is 1. The van der Waals surface area contributed by atoms with Gasteiger partial charge < -0.3 is 10.3 Å². The molecule has 13 heavy (non-hydrogen) atoms. The molecule has 0 spiro atoms. The lowest BCUT2D eigenvalue weighted by atomic mass is 10.1. The van der Waals surface area contributed by atoms with Crippen LogP contribution in [0.15, 0.2) is 11.0 Å². The largest absolute Gasteiger partial charge is 0.350 e. The van der Waals surface area contributed by atoms with Gasteiger partial charge in [0.2, 0.25) is 0 Å². The van der Waals surface area contributed by atoms with Crippen LogP contribution >= 0.6 is 0 Å². The van der Waals surface area contributed by atoms with Gasteiger partial charge in [0.25, 0.3) is 0 Å². The van der Waals surface area contributed by atoms with Gasteiger partial charge in [-0.15, -0.1) is 0 Å². The molecule has 1 heterocycles. The second-order valence-corrected chi connectivity index (χ2v) is 3.20. The van der Waals surface area contributed by atoms with Crippen LogP contribution in [0.5, 0.6) is 0 Å². The molecule has 0 radical (unpaired) electrons. The lowest BCUT2D eigenvalue weighted by molar-refractivity contribution is 0.686. The molecular weight excluding hydrogens is 164 g/mol. The van der Waals surface area contributed by atoms with Crippen LogP contribution in [-0.2, 0) is 13.1 Å². The van der Waals surface area contributed by atoms with Gasteiger partial charge in [-0.2, -0.15) is 0 Å². The average Bonchev–Trinajstić information content (AvgIpc) is 2.13. The van der Waals surface area contributed by atoms with Crippen LogP contribution in [0.3, 0.4) is 0 Å². The lowest BCUT2D eigenvalue weighted by Crippen LogP contribution is -2.21. The van der Waals surface area contributed by atoms with Gasteiger partial charge in [-0.1, -0.05) is 0 Å².